The molecule has 2 heterocycles. The molecule has 0 unspecified atom stereocenters. The third kappa shape index (κ3) is 23.1. The van der Waals surface area contributed by atoms with Gasteiger partial charge in [-0.15, -0.1) is 0 Å². The van der Waals surface area contributed by atoms with Gasteiger partial charge in [-0.3, -0.25) is 38.4 Å². The highest BCUT2D eigenvalue weighted by molar-refractivity contribution is 7.80. The largest absolute Gasteiger partial charge is 0.507 e. The van der Waals surface area contributed by atoms with Gasteiger partial charge in [0, 0.05) is 81.1 Å². The topological polar surface area (TPSA) is 336 Å². The summed E-state index contributed by atoms with van der Waals surface area (Å²) < 4.78 is 70.7. The van der Waals surface area contributed by atoms with Crippen LogP contribution in [-0.4, -0.2) is 169 Å². The smallest absolute Gasteiger partial charge is 0.303 e. The van der Waals surface area contributed by atoms with Crippen LogP contribution < -0.4 is 30.7 Å². The number of aromatic hydroxyl groups is 2. The summed E-state index contributed by atoms with van der Waals surface area (Å²) in [5.41, 5.74) is 7.53. The van der Waals surface area contributed by atoms with E-state index in [-0.39, 0.29) is 73.7 Å². The van der Waals surface area contributed by atoms with Crippen LogP contribution in [-0.2, 0) is 133 Å². The molecule has 2 fully saturated rings. The number of phenolic OH excluding ortho intramolecular Hbond substituents is 2. The lowest BCUT2D eigenvalue weighted by molar-refractivity contribution is -0.255. The summed E-state index contributed by atoms with van der Waals surface area (Å²) in [6.07, 6.45) is -13.0. The molecule has 0 radical (unpaired) electrons. The van der Waals surface area contributed by atoms with Crippen molar-refractivity contribution in [1.29, 1.82) is 0 Å². The summed E-state index contributed by atoms with van der Waals surface area (Å²) in [6.45, 7) is 33.7. The van der Waals surface area contributed by atoms with Crippen LogP contribution in [0.3, 0.4) is 0 Å². The minimum atomic E-state index is -1.44. The fraction of sp³-hybridized carbons (Fsp3) is 0.564. The zero-order valence-electron chi connectivity index (χ0n) is 64.3. The molecule has 0 aromatic heterocycles. The van der Waals surface area contributed by atoms with Gasteiger partial charge in [-0.2, -0.15) is 0 Å². The number of hydrogen-bond donors (Lipinski definition) is 6. The minimum absolute atomic E-state index is 0.0124. The van der Waals surface area contributed by atoms with E-state index >= 15 is 0 Å². The Hall–Kier alpha value is -8.86. The van der Waals surface area contributed by atoms with Crippen molar-refractivity contribution < 1.29 is 105 Å². The van der Waals surface area contributed by atoms with Gasteiger partial charge in [0.2, 0.25) is 0 Å². The Balaban J connectivity index is 1.29. The Labute approximate surface area is 630 Å². The highest BCUT2D eigenvalue weighted by Crippen LogP contribution is 2.44. The molecule has 0 saturated carbocycles. The second kappa shape index (κ2) is 35.2. The summed E-state index contributed by atoms with van der Waals surface area (Å²) in [7, 11) is 0. The maximum atomic E-state index is 13.0. The average molecular weight is 1510 g/mol. The van der Waals surface area contributed by atoms with Crippen LogP contribution in [0.15, 0.2) is 48.5 Å². The van der Waals surface area contributed by atoms with Gasteiger partial charge in [0.1, 0.15) is 61.6 Å². The Morgan fingerprint density at radius 2 is 0.613 bits per heavy atom. The van der Waals surface area contributed by atoms with Crippen molar-refractivity contribution in [1.82, 2.24) is 21.3 Å². The number of fused-ring (bicyclic) bond motifs is 8. The van der Waals surface area contributed by atoms with Crippen molar-refractivity contribution in [2.45, 2.75) is 247 Å². The van der Waals surface area contributed by atoms with Crippen LogP contribution in [0.4, 0.5) is 0 Å². The SMILES string of the molecule is CC(=O)OC[C@H]1O[C@@H](NC(=S)NCCOc2c3cc(C(C)(C)C)cc2Cc2cc(C(C)(C)C)cc(c2O)Cc2cc(C(C)(C)C)cc(c2OCCNC(=S)N[C@@H]2O[C@H](COC(C)=O)[C@H](OC(C)=O)[C@H](OC(C)=O)[C@H]2OC(C)=O)Cc2cc(C(C)(C)C)cc(c2O)C3)[C@H](OC(C)=O)[C@@H](OC(C)=O)[C@H]1OC(C)=O. The zero-order valence-corrected chi connectivity index (χ0v) is 66.0. The van der Waals surface area contributed by atoms with E-state index in [2.05, 4.69) is 129 Å². The molecule has 0 spiro atoms. The monoisotopic (exact) mass is 1510 g/mol. The minimum Gasteiger partial charge on any atom is -0.507 e. The first-order valence-corrected chi connectivity index (χ1v) is 36.1. The van der Waals surface area contributed by atoms with Crippen molar-refractivity contribution in [3.05, 3.63) is 115 Å². The maximum absolute atomic E-state index is 13.0. The number of esters is 8. The van der Waals surface area contributed by atoms with Gasteiger partial charge >= 0.3 is 47.8 Å². The number of hydrogen-bond acceptors (Lipinski definition) is 24. The van der Waals surface area contributed by atoms with Crippen LogP contribution >= 0.6 is 24.4 Å². The van der Waals surface area contributed by atoms with Crippen LogP contribution in [0, 0.1) is 0 Å². The summed E-state index contributed by atoms with van der Waals surface area (Å²) in [5, 5.41) is 38.3. The van der Waals surface area contributed by atoms with E-state index in [1.54, 1.807) is 0 Å². The summed E-state index contributed by atoms with van der Waals surface area (Å²) in [4.78, 5) is 99.5. The van der Waals surface area contributed by atoms with Crippen LogP contribution in [0.25, 0.3) is 0 Å². The fourth-order valence-electron chi connectivity index (χ4n) is 12.7. The van der Waals surface area contributed by atoms with E-state index in [0.29, 0.717) is 33.8 Å². The first-order valence-electron chi connectivity index (χ1n) is 35.3. The van der Waals surface area contributed by atoms with Crippen molar-refractivity contribution >= 4 is 82.4 Å². The highest BCUT2D eigenvalue weighted by atomic mass is 32.1. The Morgan fingerprint density at radius 1 is 0.377 bits per heavy atom. The molecule has 580 valence electrons. The quantitative estimate of drug-likeness (QED) is 0.0183. The molecule has 26 nitrogen and oxygen atoms in total. The van der Waals surface area contributed by atoms with E-state index in [1.807, 2.05) is 24.3 Å². The molecule has 8 bridgehead atoms. The van der Waals surface area contributed by atoms with Crippen molar-refractivity contribution in [2.24, 2.45) is 0 Å². The molecule has 2 aliphatic heterocycles. The fourth-order valence-corrected chi connectivity index (χ4v) is 13.1. The van der Waals surface area contributed by atoms with E-state index < -0.39 is 144 Å². The first-order chi connectivity index (χ1) is 49.3. The van der Waals surface area contributed by atoms with E-state index in [9.17, 15) is 48.6 Å². The average Bonchev–Trinajstić information content (AvgIpc) is 0.758. The highest BCUT2D eigenvalue weighted by Gasteiger charge is 2.54. The molecule has 1 aliphatic carbocycles. The van der Waals surface area contributed by atoms with Gasteiger partial charge < -0.3 is 88.3 Å². The third-order valence-corrected chi connectivity index (χ3v) is 18.3. The van der Waals surface area contributed by atoms with Gasteiger partial charge in [-0.05, 0) is 113 Å². The molecule has 6 N–H and O–H groups in total. The van der Waals surface area contributed by atoms with Gasteiger partial charge in [0.15, 0.2) is 59.3 Å². The Bertz CT molecular complexity index is 3610. The number of benzene rings is 4. The molecule has 10 atom stereocenters. The number of phenols is 2. The molecule has 4 aromatic carbocycles. The number of ether oxygens (including phenoxy) is 12. The van der Waals surface area contributed by atoms with Crippen molar-refractivity contribution in [3.63, 3.8) is 0 Å². The number of thiocarbonyl (C=S) groups is 2. The van der Waals surface area contributed by atoms with E-state index in [0.717, 1.165) is 86.1 Å². The van der Waals surface area contributed by atoms with Crippen molar-refractivity contribution in [2.75, 3.05) is 39.5 Å². The van der Waals surface area contributed by atoms with Gasteiger partial charge in [-0.1, -0.05) is 132 Å². The maximum Gasteiger partial charge on any atom is 0.303 e. The van der Waals surface area contributed by atoms with Crippen LogP contribution in [0.2, 0.25) is 0 Å². The molecule has 106 heavy (non-hydrogen) atoms. The molecular formula is C78H104N4O22S2. The summed E-state index contributed by atoms with van der Waals surface area (Å²) >= 11 is 11.7. The second-order valence-corrected chi connectivity index (χ2v) is 31.8. The normalized spacial score (nSPS) is 20.9. The second-order valence-electron chi connectivity index (χ2n) is 31.0. The molecule has 3 aliphatic rings. The summed E-state index contributed by atoms with van der Waals surface area (Å²) in [6, 6.07) is 16.5. The Morgan fingerprint density at radius 3 is 0.849 bits per heavy atom. The van der Waals surface area contributed by atoms with E-state index in [4.69, 9.17) is 81.3 Å². The molecule has 4 aromatic rings. The lowest BCUT2D eigenvalue weighted by atomic mass is 9.79. The number of carbonyl (C=O) groups is 8. The molecule has 7 rings (SSSR count). The Kier molecular flexibility index (Phi) is 28.1. The summed E-state index contributed by atoms with van der Waals surface area (Å²) in [5.74, 6) is -4.95. The number of nitrogens with one attached hydrogen (secondary N) is 4. The third-order valence-electron chi connectivity index (χ3n) is 17.8. The lowest BCUT2D eigenvalue weighted by Crippen LogP contribution is -2.66. The van der Waals surface area contributed by atoms with Crippen molar-refractivity contribution in [3.8, 4) is 23.0 Å². The van der Waals surface area contributed by atoms with Gasteiger partial charge in [-0.25, -0.2) is 0 Å². The number of carbonyl (C=O) groups excluding carboxylic acids is 8. The zero-order chi connectivity index (χ0) is 78.8. The lowest BCUT2D eigenvalue weighted by Gasteiger charge is -2.44. The molecular weight excluding hydrogens is 1410 g/mol. The standard InChI is InChI=1S/C78H104N4O22S2/c1-39(83)95-37-59-65(97-41(3)85)67(99-43(5)87)69(101-45(7)89)71(103-59)81-73(105)79-21-23-93-63-51-25-47-29-55(75(9,10)11)31-49(61(47)91)27-53-35-58(78(18,19)20)36-54(28-50-32-56(76(12,13)14)30-48(62(50)92)26-52(63)34-57(33-51)77(15,16)17)64(53)94-24-22-80-74(106)82-72-70(102-46(8)90)68(100-44(6)88)66(98-42(4)86)60(104-72)38-96-40(2)84/h29-36,59-60,65-72,91-92H,21-28,37-38H2,1-20H3,(H2,79,81,105)(H2,80,82,106)/t59-,60-,65+,66+,67+,68+,69-,70-,71-,72-/m1/s1. The molecule has 2 saturated heterocycles. The predicted molar refractivity (Wildman–Crippen MR) is 397 cm³/mol. The van der Waals surface area contributed by atoms with Gasteiger partial charge in [0.05, 0.1) is 13.1 Å². The predicted octanol–water partition coefficient (Wildman–Crippen LogP) is 8.82. The first kappa shape index (κ1) is 84.4. The molecule has 0 amide bonds. The van der Waals surface area contributed by atoms with Gasteiger partial charge in [0.25, 0.3) is 0 Å². The number of rotatable bonds is 20. The van der Waals surface area contributed by atoms with E-state index in [1.165, 1.54) is 13.8 Å². The van der Waals surface area contributed by atoms with Crippen LogP contribution in [0.5, 0.6) is 23.0 Å². The molecule has 28 heteroatoms. The van der Waals surface area contributed by atoms with Crippen LogP contribution in [0.1, 0.15) is 205 Å².